The van der Waals surface area contributed by atoms with E-state index >= 15 is 0 Å². The van der Waals surface area contributed by atoms with Gasteiger partial charge in [0.05, 0.1) is 7.11 Å². The van der Waals surface area contributed by atoms with Gasteiger partial charge in [0.2, 0.25) is 0 Å². The largest absolute Gasteiger partial charge is 0.497 e. The summed E-state index contributed by atoms with van der Waals surface area (Å²) in [7, 11) is -2.01. The average Bonchev–Trinajstić information content (AvgIpc) is 2.97. The molecule has 0 amide bonds. The molecule has 1 saturated heterocycles. The highest BCUT2D eigenvalue weighted by atomic mass is 32.2. The van der Waals surface area contributed by atoms with Crippen LogP contribution in [0.4, 0.5) is 5.69 Å². The second-order valence-electron chi connectivity index (χ2n) is 6.88. The van der Waals surface area contributed by atoms with E-state index in [9.17, 15) is 8.42 Å². The molecule has 0 saturated carbocycles. The molecule has 2 heterocycles. The lowest BCUT2D eigenvalue weighted by atomic mass is 10.1. The molecule has 0 spiro atoms. The number of ether oxygens (including phenoxy) is 1. The Morgan fingerprint density at radius 2 is 1.50 bits per heavy atom. The third-order valence-electron chi connectivity index (χ3n) is 5.19. The summed E-state index contributed by atoms with van der Waals surface area (Å²) in [5, 5.41) is 0. The maximum Gasteiger partial charge on any atom is 0.285 e. The van der Waals surface area contributed by atoms with Crippen molar-refractivity contribution in [3.8, 4) is 5.75 Å². The van der Waals surface area contributed by atoms with E-state index in [2.05, 4.69) is 14.2 Å². The zero-order valence-electron chi connectivity index (χ0n) is 16.0. The van der Waals surface area contributed by atoms with Crippen LogP contribution in [0.2, 0.25) is 0 Å². The molecule has 1 fully saturated rings. The highest BCUT2D eigenvalue weighted by Crippen LogP contribution is 2.34. The molecular formula is C21H23N3O3S. The van der Waals surface area contributed by atoms with E-state index in [-0.39, 0.29) is 0 Å². The molecule has 6 nitrogen and oxygen atoms in total. The van der Waals surface area contributed by atoms with Gasteiger partial charge in [0.25, 0.3) is 10.0 Å². The van der Waals surface area contributed by atoms with Crippen molar-refractivity contribution in [2.24, 2.45) is 4.40 Å². The molecule has 146 valence electrons. The molecule has 7 heteroatoms. The van der Waals surface area contributed by atoms with Gasteiger partial charge in [0.1, 0.15) is 16.5 Å². The molecular weight excluding hydrogens is 374 g/mol. The number of anilines is 1. The number of methoxy groups -OCH3 is 1. The summed E-state index contributed by atoms with van der Waals surface area (Å²) in [6.07, 6.45) is 0. The molecule has 0 radical (unpaired) electrons. The molecule has 0 atom stereocenters. The third-order valence-corrected chi connectivity index (χ3v) is 6.66. The van der Waals surface area contributed by atoms with Gasteiger partial charge in [-0.15, -0.1) is 4.40 Å². The molecule has 2 aliphatic heterocycles. The van der Waals surface area contributed by atoms with Crippen molar-refractivity contribution in [1.29, 1.82) is 0 Å². The second kappa shape index (κ2) is 7.31. The van der Waals surface area contributed by atoms with E-state index in [1.165, 1.54) is 0 Å². The normalized spacial score (nSPS) is 19.0. The zero-order valence-corrected chi connectivity index (χ0v) is 16.8. The predicted molar refractivity (Wildman–Crippen MR) is 112 cm³/mol. The first kappa shape index (κ1) is 18.6. The van der Waals surface area contributed by atoms with Crippen molar-refractivity contribution in [2.45, 2.75) is 6.92 Å². The predicted octanol–water partition coefficient (Wildman–Crippen LogP) is 2.99. The minimum absolute atomic E-state index is 0.320. The number of piperazine rings is 1. The second-order valence-corrected chi connectivity index (χ2v) is 8.42. The van der Waals surface area contributed by atoms with E-state index in [0.29, 0.717) is 16.3 Å². The van der Waals surface area contributed by atoms with Crippen LogP contribution < -0.4 is 9.64 Å². The van der Waals surface area contributed by atoms with Crippen LogP contribution >= 0.6 is 0 Å². The summed E-state index contributed by atoms with van der Waals surface area (Å²) in [5.41, 5.74) is 2.55. The summed E-state index contributed by atoms with van der Waals surface area (Å²) in [5.74, 6) is 1.41. The van der Waals surface area contributed by atoms with Crippen molar-refractivity contribution >= 4 is 26.5 Å². The van der Waals surface area contributed by atoms with Gasteiger partial charge in [-0.05, 0) is 36.8 Å². The SMILES string of the molecule is COc1ccc(N2CCN(C3=NS(=O)(=O)C(c4ccccc4)=C3C)CC2)cc1. The van der Waals surface area contributed by atoms with Crippen molar-refractivity contribution in [3.63, 3.8) is 0 Å². The minimum atomic E-state index is -3.66. The van der Waals surface area contributed by atoms with Crippen LogP contribution in [0.15, 0.2) is 64.6 Å². The Labute approximate surface area is 165 Å². The fraction of sp³-hybridized carbons (Fsp3) is 0.286. The number of amidine groups is 1. The molecule has 0 unspecified atom stereocenters. The van der Waals surface area contributed by atoms with Gasteiger partial charge >= 0.3 is 0 Å². The average molecular weight is 398 g/mol. The van der Waals surface area contributed by atoms with Crippen LogP contribution in [0, 0.1) is 0 Å². The fourth-order valence-corrected chi connectivity index (χ4v) is 5.23. The first-order valence-electron chi connectivity index (χ1n) is 9.25. The molecule has 2 aromatic rings. The number of benzene rings is 2. The smallest absolute Gasteiger partial charge is 0.285 e. The number of sulfonamides is 1. The maximum absolute atomic E-state index is 12.7. The topological polar surface area (TPSA) is 62.2 Å². The van der Waals surface area contributed by atoms with Crippen molar-refractivity contribution in [2.75, 3.05) is 38.2 Å². The molecule has 0 aromatic heterocycles. The van der Waals surface area contributed by atoms with Gasteiger partial charge < -0.3 is 14.5 Å². The van der Waals surface area contributed by atoms with E-state index in [1.54, 1.807) is 7.11 Å². The Balaban J connectivity index is 1.52. The van der Waals surface area contributed by atoms with Crippen molar-refractivity contribution in [1.82, 2.24) is 4.90 Å². The third kappa shape index (κ3) is 3.38. The van der Waals surface area contributed by atoms with Gasteiger partial charge in [-0.3, -0.25) is 0 Å². The van der Waals surface area contributed by atoms with Crippen LogP contribution in [0.25, 0.3) is 4.91 Å². The lowest BCUT2D eigenvalue weighted by Gasteiger charge is -2.37. The van der Waals surface area contributed by atoms with E-state index < -0.39 is 10.0 Å². The van der Waals surface area contributed by atoms with E-state index in [4.69, 9.17) is 4.74 Å². The van der Waals surface area contributed by atoms with Crippen molar-refractivity contribution < 1.29 is 13.2 Å². The van der Waals surface area contributed by atoms with Crippen LogP contribution in [0.1, 0.15) is 12.5 Å². The van der Waals surface area contributed by atoms with E-state index in [1.807, 2.05) is 61.5 Å². The maximum atomic E-state index is 12.7. The molecule has 0 bridgehead atoms. The molecule has 0 aliphatic carbocycles. The molecule has 4 rings (SSSR count). The summed E-state index contributed by atoms with van der Waals surface area (Å²) >= 11 is 0. The molecule has 0 N–H and O–H groups in total. The molecule has 2 aromatic carbocycles. The fourth-order valence-electron chi connectivity index (χ4n) is 3.74. The van der Waals surface area contributed by atoms with Gasteiger partial charge in [0, 0.05) is 37.4 Å². The quantitative estimate of drug-likeness (QED) is 0.797. The van der Waals surface area contributed by atoms with Crippen LogP contribution in [0.5, 0.6) is 5.75 Å². The summed E-state index contributed by atoms with van der Waals surface area (Å²) in [4.78, 5) is 4.68. The first-order valence-corrected chi connectivity index (χ1v) is 10.7. The van der Waals surface area contributed by atoms with Crippen LogP contribution in [-0.2, 0) is 10.0 Å². The summed E-state index contributed by atoms with van der Waals surface area (Å²) in [6.45, 7) is 4.90. The summed E-state index contributed by atoms with van der Waals surface area (Å²) < 4.78 is 34.7. The highest BCUT2D eigenvalue weighted by Gasteiger charge is 2.34. The lowest BCUT2D eigenvalue weighted by molar-refractivity contribution is 0.386. The van der Waals surface area contributed by atoms with Gasteiger partial charge in [-0.2, -0.15) is 8.42 Å². The van der Waals surface area contributed by atoms with Crippen molar-refractivity contribution in [3.05, 3.63) is 65.7 Å². The Hall–Kier alpha value is -2.80. The van der Waals surface area contributed by atoms with Crippen LogP contribution in [-0.4, -0.2) is 52.4 Å². The summed E-state index contributed by atoms with van der Waals surface area (Å²) in [6, 6.07) is 17.2. The van der Waals surface area contributed by atoms with Gasteiger partial charge in [0.15, 0.2) is 0 Å². The molecule has 2 aliphatic rings. The number of hydrogen-bond donors (Lipinski definition) is 0. The standard InChI is InChI=1S/C21H23N3O3S/c1-16-20(17-6-4-3-5-7-17)28(25,26)22-21(16)24-14-12-23(13-15-24)18-8-10-19(27-2)11-9-18/h3-11H,12-15H2,1-2H3. The Morgan fingerprint density at radius 3 is 2.11 bits per heavy atom. The van der Waals surface area contributed by atoms with Crippen LogP contribution in [0.3, 0.4) is 0 Å². The zero-order chi connectivity index (χ0) is 19.7. The van der Waals surface area contributed by atoms with Gasteiger partial charge in [-0.1, -0.05) is 30.3 Å². The lowest BCUT2D eigenvalue weighted by Crippen LogP contribution is -2.48. The van der Waals surface area contributed by atoms with Gasteiger partial charge in [-0.25, -0.2) is 0 Å². The number of nitrogens with zero attached hydrogens (tertiary/aromatic N) is 3. The first-order chi connectivity index (χ1) is 13.5. The minimum Gasteiger partial charge on any atom is -0.497 e. The van der Waals surface area contributed by atoms with E-state index in [0.717, 1.165) is 43.2 Å². The number of rotatable bonds is 3. The Kier molecular flexibility index (Phi) is 4.85. The molecule has 28 heavy (non-hydrogen) atoms. The monoisotopic (exact) mass is 397 g/mol. The Bertz CT molecular complexity index is 1020. The Morgan fingerprint density at radius 1 is 0.893 bits per heavy atom. The highest BCUT2D eigenvalue weighted by molar-refractivity contribution is 8.00. The number of hydrogen-bond acceptors (Lipinski definition) is 5.